The van der Waals surface area contributed by atoms with Gasteiger partial charge in [-0.25, -0.2) is 0 Å². The van der Waals surface area contributed by atoms with Gasteiger partial charge in [0, 0.05) is 12.5 Å². The van der Waals surface area contributed by atoms with E-state index in [4.69, 9.17) is 18.9 Å². The van der Waals surface area contributed by atoms with Gasteiger partial charge in [0.15, 0.2) is 17.2 Å². The standard InChI is InChI=1S/C23H27NO6/c1-12-14-7-9-17(24-13(2)25)16-11-18(26)19(27-3)10-8-15(16)20(14)22(29-5)23(30-6)21(12)28-4/h8,10-11,17H,7,9H2,1-6H3,(H,24,25)/t17-/m0/s1. The molecule has 7 heteroatoms. The molecule has 160 valence electrons. The SMILES string of the molecule is COc1c(C)c2c(c(OC)c1OC)-c1ccc(OC)c(=O)cc1[C@@H](NC(C)=O)CC2. The quantitative estimate of drug-likeness (QED) is 0.811. The van der Waals surface area contributed by atoms with Gasteiger partial charge in [-0.2, -0.15) is 0 Å². The Kier molecular flexibility index (Phi) is 6.20. The van der Waals surface area contributed by atoms with E-state index in [0.29, 0.717) is 35.7 Å². The molecule has 1 aliphatic rings. The first kappa shape index (κ1) is 21.5. The van der Waals surface area contributed by atoms with Crippen molar-refractivity contribution in [1.82, 2.24) is 5.32 Å². The molecule has 0 fully saturated rings. The van der Waals surface area contributed by atoms with E-state index in [1.807, 2.05) is 13.0 Å². The Morgan fingerprint density at radius 1 is 1.00 bits per heavy atom. The van der Waals surface area contributed by atoms with Crippen molar-refractivity contribution in [3.05, 3.63) is 45.1 Å². The molecule has 1 N–H and O–H groups in total. The summed E-state index contributed by atoms with van der Waals surface area (Å²) in [4.78, 5) is 24.6. The summed E-state index contributed by atoms with van der Waals surface area (Å²) in [6.07, 6.45) is 1.28. The number of amides is 1. The molecule has 0 heterocycles. The molecule has 1 amide bonds. The lowest BCUT2D eigenvalue weighted by atomic mass is 9.92. The summed E-state index contributed by atoms with van der Waals surface area (Å²) in [6.45, 7) is 3.44. The van der Waals surface area contributed by atoms with Gasteiger partial charge < -0.3 is 24.3 Å². The molecule has 0 saturated heterocycles. The highest BCUT2D eigenvalue weighted by Gasteiger charge is 2.31. The maximum absolute atomic E-state index is 12.7. The first-order valence-corrected chi connectivity index (χ1v) is 9.68. The zero-order valence-corrected chi connectivity index (χ0v) is 18.2. The van der Waals surface area contributed by atoms with Crippen LogP contribution < -0.4 is 29.7 Å². The Morgan fingerprint density at radius 2 is 1.67 bits per heavy atom. The molecule has 30 heavy (non-hydrogen) atoms. The number of carbonyl (C=O) groups excluding carboxylic acids is 1. The van der Waals surface area contributed by atoms with E-state index in [-0.39, 0.29) is 23.1 Å². The highest BCUT2D eigenvalue weighted by molar-refractivity contribution is 5.85. The van der Waals surface area contributed by atoms with Crippen LogP contribution in [0, 0.1) is 6.92 Å². The number of methoxy groups -OCH3 is 4. The second-order valence-corrected chi connectivity index (χ2v) is 7.15. The van der Waals surface area contributed by atoms with E-state index < -0.39 is 0 Å². The summed E-state index contributed by atoms with van der Waals surface area (Å²) in [5, 5.41) is 2.98. The summed E-state index contributed by atoms with van der Waals surface area (Å²) in [5.74, 6) is 1.68. The minimum absolute atomic E-state index is 0.165. The van der Waals surface area contributed by atoms with Crippen LogP contribution in [-0.2, 0) is 11.2 Å². The minimum atomic E-state index is -0.337. The third kappa shape index (κ3) is 3.56. The first-order valence-electron chi connectivity index (χ1n) is 9.68. The van der Waals surface area contributed by atoms with Gasteiger partial charge in [-0.05, 0) is 54.2 Å². The van der Waals surface area contributed by atoms with Crippen LogP contribution in [0.2, 0.25) is 0 Å². The Bertz CT molecular complexity index is 1050. The predicted octanol–water partition coefficient (Wildman–Crippen LogP) is 3.18. The van der Waals surface area contributed by atoms with Crippen molar-refractivity contribution in [2.75, 3.05) is 28.4 Å². The van der Waals surface area contributed by atoms with E-state index in [1.165, 1.54) is 20.1 Å². The lowest BCUT2D eigenvalue weighted by molar-refractivity contribution is -0.119. The molecule has 0 aliphatic heterocycles. The van der Waals surface area contributed by atoms with Gasteiger partial charge in [0.25, 0.3) is 0 Å². The van der Waals surface area contributed by atoms with Crippen LogP contribution in [0.25, 0.3) is 11.1 Å². The van der Waals surface area contributed by atoms with Crippen LogP contribution in [0.1, 0.15) is 36.1 Å². The number of hydrogen-bond donors (Lipinski definition) is 1. The van der Waals surface area contributed by atoms with E-state index in [1.54, 1.807) is 27.4 Å². The number of nitrogens with one attached hydrogen (secondary N) is 1. The number of benzene rings is 1. The molecule has 1 aliphatic carbocycles. The average Bonchev–Trinajstić information content (AvgIpc) is 2.96. The van der Waals surface area contributed by atoms with Crippen LogP contribution in [0.3, 0.4) is 0 Å². The van der Waals surface area contributed by atoms with Gasteiger partial charge in [0.1, 0.15) is 0 Å². The zero-order valence-electron chi connectivity index (χ0n) is 18.2. The van der Waals surface area contributed by atoms with E-state index >= 15 is 0 Å². The highest BCUT2D eigenvalue weighted by Crippen LogP contribution is 2.52. The van der Waals surface area contributed by atoms with Gasteiger partial charge >= 0.3 is 0 Å². The molecule has 2 aromatic rings. The van der Waals surface area contributed by atoms with Gasteiger partial charge in [-0.15, -0.1) is 0 Å². The fraction of sp³-hybridized carbons (Fsp3) is 0.391. The Morgan fingerprint density at radius 3 is 2.23 bits per heavy atom. The summed E-state index contributed by atoms with van der Waals surface area (Å²) in [5.41, 5.74) is 4.02. The summed E-state index contributed by atoms with van der Waals surface area (Å²) in [7, 11) is 6.19. The Hall–Kier alpha value is -3.22. The van der Waals surface area contributed by atoms with Crippen molar-refractivity contribution in [1.29, 1.82) is 0 Å². The third-order valence-electron chi connectivity index (χ3n) is 5.51. The summed E-state index contributed by atoms with van der Waals surface area (Å²) >= 11 is 0. The van der Waals surface area contributed by atoms with Crippen LogP contribution in [0.5, 0.6) is 23.0 Å². The molecule has 2 aromatic carbocycles. The average molecular weight is 413 g/mol. The van der Waals surface area contributed by atoms with Crippen LogP contribution >= 0.6 is 0 Å². The van der Waals surface area contributed by atoms with E-state index in [0.717, 1.165) is 22.3 Å². The van der Waals surface area contributed by atoms with Gasteiger partial charge in [-0.3, -0.25) is 9.59 Å². The normalized spacial score (nSPS) is 14.7. The van der Waals surface area contributed by atoms with Crippen molar-refractivity contribution < 1.29 is 23.7 Å². The van der Waals surface area contributed by atoms with Crippen LogP contribution in [0.15, 0.2) is 23.0 Å². The highest BCUT2D eigenvalue weighted by atomic mass is 16.5. The smallest absolute Gasteiger partial charge is 0.220 e. The monoisotopic (exact) mass is 413 g/mol. The Labute approximate surface area is 175 Å². The second-order valence-electron chi connectivity index (χ2n) is 7.15. The molecule has 3 rings (SSSR count). The molecule has 1 atom stereocenters. The molecule has 7 nitrogen and oxygen atoms in total. The van der Waals surface area contributed by atoms with Gasteiger partial charge in [-0.1, -0.05) is 6.07 Å². The van der Waals surface area contributed by atoms with Crippen molar-refractivity contribution in [2.24, 2.45) is 0 Å². The number of fused-ring (bicyclic) bond motifs is 3. The topological polar surface area (TPSA) is 83.1 Å². The zero-order chi connectivity index (χ0) is 22.0. The number of hydrogen-bond acceptors (Lipinski definition) is 6. The van der Waals surface area contributed by atoms with Crippen molar-refractivity contribution in [2.45, 2.75) is 32.7 Å². The lowest BCUT2D eigenvalue weighted by Gasteiger charge is -2.22. The molecule has 0 radical (unpaired) electrons. The largest absolute Gasteiger partial charge is 0.493 e. The van der Waals surface area contributed by atoms with E-state index in [9.17, 15) is 9.59 Å². The van der Waals surface area contributed by atoms with Gasteiger partial charge in [0.05, 0.1) is 34.5 Å². The fourth-order valence-electron chi connectivity index (χ4n) is 4.22. The molecular formula is C23H27NO6. The number of ether oxygens (including phenoxy) is 4. The van der Waals surface area contributed by atoms with Crippen molar-refractivity contribution in [3.8, 4) is 34.1 Å². The maximum atomic E-state index is 12.7. The lowest BCUT2D eigenvalue weighted by Crippen LogP contribution is -2.26. The summed E-state index contributed by atoms with van der Waals surface area (Å²) in [6, 6.07) is 4.68. The molecule has 0 bridgehead atoms. The number of carbonyl (C=O) groups is 1. The molecular weight excluding hydrogens is 386 g/mol. The fourth-order valence-corrected chi connectivity index (χ4v) is 4.22. The predicted molar refractivity (Wildman–Crippen MR) is 114 cm³/mol. The maximum Gasteiger partial charge on any atom is 0.220 e. The first-order chi connectivity index (χ1) is 14.4. The second kappa shape index (κ2) is 8.65. The van der Waals surface area contributed by atoms with E-state index in [2.05, 4.69) is 5.32 Å². The number of rotatable bonds is 5. The molecule has 0 unspecified atom stereocenters. The Balaban J connectivity index is 2.47. The van der Waals surface area contributed by atoms with Crippen LogP contribution in [-0.4, -0.2) is 34.3 Å². The van der Waals surface area contributed by atoms with Crippen LogP contribution in [0.4, 0.5) is 0 Å². The summed E-state index contributed by atoms with van der Waals surface area (Å²) < 4.78 is 22.3. The molecule has 0 saturated carbocycles. The molecule has 0 spiro atoms. The minimum Gasteiger partial charge on any atom is -0.493 e. The third-order valence-corrected chi connectivity index (χ3v) is 5.51. The van der Waals surface area contributed by atoms with Crippen molar-refractivity contribution >= 4 is 5.91 Å². The van der Waals surface area contributed by atoms with Gasteiger partial charge in [0.2, 0.25) is 17.1 Å². The van der Waals surface area contributed by atoms with Crippen molar-refractivity contribution in [3.63, 3.8) is 0 Å². The molecule has 0 aromatic heterocycles.